The van der Waals surface area contributed by atoms with Gasteiger partial charge in [-0.25, -0.2) is 4.98 Å². The van der Waals surface area contributed by atoms with E-state index in [9.17, 15) is 0 Å². The van der Waals surface area contributed by atoms with Crippen LogP contribution in [0, 0.1) is 13.8 Å². The molecule has 4 aromatic rings. The summed E-state index contributed by atoms with van der Waals surface area (Å²) >= 11 is 0. The Labute approximate surface area is 150 Å². The number of imidazole rings is 1. The van der Waals surface area contributed by atoms with E-state index >= 15 is 0 Å². The molecule has 26 heavy (non-hydrogen) atoms. The van der Waals surface area contributed by atoms with E-state index in [2.05, 4.69) is 21.2 Å². The number of ether oxygens (including phenoxy) is 2. The Bertz CT molecular complexity index is 1120. The highest BCUT2D eigenvalue weighted by Crippen LogP contribution is 2.33. The standard InChI is InChI=1S/C19H19N5O2/c1-5-26-15-8-6-11(2)10-13(15)18-20-12(3)17-23-22-14-7-9-16(25-4)21-19(14)24(17)18/h6-10H,5H2,1-4H3. The predicted octanol–water partition coefficient (Wildman–Crippen LogP) is 3.36. The highest BCUT2D eigenvalue weighted by atomic mass is 16.5. The van der Waals surface area contributed by atoms with Crippen molar-refractivity contribution >= 4 is 16.8 Å². The van der Waals surface area contributed by atoms with E-state index in [1.807, 2.05) is 43.4 Å². The van der Waals surface area contributed by atoms with E-state index in [1.54, 1.807) is 13.2 Å². The molecule has 0 aliphatic heterocycles. The van der Waals surface area contributed by atoms with Gasteiger partial charge < -0.3 is 9.47 Å². The molecule has 0 radical (unpaired) electrons. The van der Waals surface area contributed by atoms with Gasteiger partial charge in [-0.05, 0) is 39.0 Å². The lowest BCUT2D eigenvalue weighted by Crippen LogP contribution is -2.02. The molecule has 4 rings (SSSR count). The van der Waals surface area contributed by atoms with Crippen LogP contribution in [-0.4, -0.2) is 38.3 Å². The molecule has 0 saturated heterocycles. The molecule has 7 nitrogen and oxygen atoms in total. The third kappa shape index (κ3) is 2.52. The number of fused-ring (bicyclic) bond motifs is 3. The van der Waals surface area contributed by atoms with Crippen molar-refractivity contribution in [2.45, 2.75) is 20.8 Å². The number of benzene rings is 1. The smallest absolute Gasteiger partial charge is 0.215 e. The molecule has 7 heteroatoms. The summed E-state index contributed by atoms with van der Waals surface area (Å²) < 4.78 is 13.0. The molecule has 132 valence electrons. The van der Waals surface area contributed by atoms with E-state index in [-0.39, 0.29) is 0 Å². The highest BCUT2D eigenvalue weighted by molar-refractivity contribution is 5.79. The Hall–Kier alpha value is -3.22. The maximum Gasteiger partial charge on any atom is 0.215 e. The number of rotatable bonds is 4. The predicted molar refractivity (Wildman–Crippen MR) is 98.7 cm³/mol. The first kappa shape index (κ1) is 16.3. The van der Waals surface area contributed by atoms with Crippen molar-refractivity contribution in [2.75, 3.05) is 13.7 Å². The Kier molecular flexibility index (Phi) is 3.91. The molecular formula is C19H19N5O2. The number of aromatic nitrogens is 5. The van der Waals surface area contributed by atoms with Gasteiger partial charge in [-0.15, -0.1) is 10.2 Å². The van der Waals surface area contributed by atoms with Gasteiger partial charge >= 0.3 is 0 Å². The van der Waals surface area contributed by atoms with Crippen molar-refractivity contribution in [2.24, 2.45) is 0 Å². The fraction of sp³-hybridized carbons (Fsp3) is 0.263. The maximum atomic E-state index is 5.83. The van der Waals surface area contributed by atoms with Gasteiger partial charge in [0.2, 0.25) is 5.88 Å². The van der Waals surface area contributed by atoms with Crippen molar-refractivity contribution in [3.63, 3.8) is 0 Å². The summed E-state index contributed by atoms with van der Waals surface area (Å²) in [6.07, 6.45) is 0. The topological polar surface area (TPSA) is 74.4 Å². The van der Waals surface area contributed by atoms with Gasteiger partial charge in [0.1, 0.15) is 11.3 Å². The van der Waals surface area contributed by atoms with Crippen LogP contribution in [0.5, 0.6) is 11.6 Å². The van der Waals surface area contributed by atoms with Crippen molar-refractivity contribution < 1.29 is 9.47 Å². The number of aryl methyl sites for hydroxylation is 2. The maximum absolute atomic E-state index is 5.83. The molecule has 0 saturated carbocycles. The minimum atomic E-state index is 0.512. The number of methoxy groups -OCH3 is 1. The quantitative estimate of drug-likeness (QED) is 0.562. The van der Waals surface area contributed by atoms with Crippen molar-refractivity contribution in [1.82, 2.24) is 24.6 Å². The number of pyridine rings is 1. The molecule has 0 spiro atoms. The van der Waals surface area contributed by atoms with Crippen LogP contribution in [0.2, 0.25) is 0 Å². The molecule has 0 N–H and O–H groups in total. The number of hydrogen-bond donors (Lipinski definition) is 0. The molecule has 0 bridgehead atoms. The molecule has 0 aliphatic carbocycles. The Morgan fingerprint density at radius 1 is 1.00 bits per heavy atom. The molecule has 3 heterocycles. The molecule has 0 amide bonds. The molecule has 0 aliphatic rings. The summed E-state index contributed by atoms with van der Waals surface area (Å²) in [5, 5.41) is 8.61. The lowest BCUT2D eigenvalue weighted by Gasteiger charge is -2.11. The number of hydrogen-bond acceptors (Lipinski definition) is 6. The zero-order valence-corrected chi connectivity index (χ0v) is 15.1. The largest absolute Gasteiger partial charge is 0.493 e. The van der Waals surface area contributed by atoms with Gasteiger partial charge in [-0.1, -0.05) is 11.6 Å². The zero-order valence-electron chi connectivity index (χ0n) is 15.1. The summed E-state index contributed by atoms with van der Waals surface area (Å²) in [5.41, 5.74) is 4.78. The molecule has 0 unspecified atom stereocenters. The molecule has 0 atom stereocenters. The van der Waals surface area contributed by atoms with Gasteiger partial charge in [-0.2, -0.15) is 4.98 Å². The molecule has 3 aromatic heterocycles. The Balaban J connectivity index is 2.11. The van der Waals surface area contributed by atoms with Crippen molar-refractivity contribution in [3.05, 3.63) is 41.6 Å². The van der Waals surface area contributed by atoms with Gasteiger partial charge in [0.05, 0.1) is 25.0 Å². The van der Waals surface area contributed by atoms with Crippen LogP contribution in [0.25, 0.3) is 28.2 Å². The first-order chi connectivity index (χ1) is 12.6. The summed E-state index contributed by atoms with van der Waals surface area (Å²) in [4.78, 5) is 9.33. The molecular weight excluding hydrogens is 330 g/mol. The highest BCUT2D eigenvalue weighted by Gasteiger charge is 2.19. The van der Waals surface area contributed by atoms with Crippen LogP contribution in [0.4, 0.5) is 0 Å². The second kappa shape index (κ2) is 6.25. The lowest BCUT2D eigenvalue weighted by molar-refractivity contribution is 0.341. The van der Waals surface area contributed by atoms with Crippen LogP contribution in [0.15, 0.2) is 30.3 Å². The second-order valence-electron chi connectivity index (χ2n) is 6.01. The van der Waals surface area contributed by atoms with Crippen molar-refractivity contribution in [1.29, 1.82) is 0 Å². The molecule has 0 fully saturated rings. The third-order valence-electron chi connectivity index (χ3n) is 4.20. The van der Waals surface area contributed by atoms with Crippen LogP contribution in [0.3, 0.4) is 0 Å². The fourth-order valence-electron chi connectivity index (χ4n) is 3.00. The van der Waals surface area contributed by atoms with Gasteiger partial charge in [0.15, 0.2) is 17.1 Å². The Morgan fingerprint density at radius 2 is 1.85 bits per heavy atom. The van der Waals surface area contributed by atoms with Crippen LogP contribution < -0.4 is 9.47 Å². The summed E-state index contributed by atoms with van der Waals surface area (Å²) in [7, 11) is 1.59. The van der Waals surface area contributed by atoms with Crippen LogP contribution in [-0.2, 0) is 0 Å². The third-order valence-corrected chi connectivity index (χ3v) is 4.20. The zero-order chi connectivity index (χ0) is 18.3. The minimum Gasteiger partial charge on any atom is -0.493 e. The van der Waals surface area contributed by atoms with E-state index in [4.69, 9.17) is 14.5 Å². The summed E-state index contributed by atoms with van der Waals surface area (Å²) in [5.74, 6) is 2.02. The van der Waals surface area contributed by atoms with Gasteiger partial charge in [-0.3, -0.25) is 4.40 Å². The van der Waals surface area contributed by atoms with Crippen LogP contribution >= 0.6 is 0 Å². The molecule has 1 aromatic carbocycles. The minimum absolute atomic E-state index is 0.512. The lowest BCUT2D eigenvalue weighted by atomic mass is 10.1. The average molecular weight is 349 g/mol. The van der Waals surface area contributed by atoms with Gasteiger partial charge in [0, 0.05) is 6.07 Å². The normalized spacial score (nSPS) is 11.2. The van der Waals surface area contributed by atoms with E-state index in [0.717, 1.165) is 28.4 Å². The first-order valence-electron chi connectivity index (χ1n) is 8.42. The average Bonchev–Trinajstić information content (AvgIpc) is 3.00. The SMILES string of the molecule is CCOc1ccc(C)cc1-c1nc(C)c2nnc3ccc(OC)nc3n12. The van der Waals surface area contributed by atoms with E-state index in [1.165, 1.54) is 0 Å². The Morgan fingerprint density at radius 3 is 2.62 bits per heavy atom. The summed E-state index contributed by atoms with van der Waals surface area (Å²) in [6.45, 7) is 6.49. The second-order valence-corrected chi connectivity index (χ2v) is 6.01. The summed E-state index contributed by atoms with van der Waals surface area (Å²) in [6, 6.07) is 9.66. The van der Waals surface area contributed by atoms with E-state index in [0.29, 0.717) is 29.3 Å². The van der Waals surface area contributed by atoms with Crippen LogP contribution in [0.1, 0.15) is 18.2 Å². The first-order valence-corrected chi connectivity index (χ1v) is 8.42. The van der Waals surface area contributed by atoms with Gasteiger partial charge in [0.25, 0.3) is 0 Å². The number of nitrogens with zero attached hydrogens (tertiary/aromatic N) is 5. The van der Waals surface area contributed by atoms with Crippen molar-refractivity contribution in [3.8, 4) is 23.0 Å². The fourth-order valence-corrected chi connectivity index (χ4v) is 3.00. The monoisotopic (exact) mass is 349 g/mol. The van der Waals surface area contributed by atoms with E-state index < -0.39 is 0 Å².